The molecule has 0 aromatic rings. The van der Waals surface area contributed by atoms with Gasteiger partial charge in [-0.2, -0.15) is 0 Å². The van der Waals surface area contributed by atoms with Crippen molar-refractivity contribution in [3.8, 4) is 0 Å². The van der Waals surface area contributed by atoms with Gasteiger partial charge in [0, 0.05) is 13.2 Å². The van der Waals surface area contributed by atoms with Gasteiger partial charge in [-0.05, 0) is 47.2 Å². The molecule has 2 atom stereocenters. The van der Waals surface area contributed by atoms with Crippen molar-refractivity contribution in [2.45, 2.75) is 51.9 Å². The van der Waals surface area contributed by atoms with E-state index in [1.54, 1.807) is 0 Å². The molecule has 1 heterocycles. The number of ether oxygens (including phenoxy) is 1. The zero-order valence-electron chi connectivity index (χ0n) is 10.2. The lowest BCUT2D eigenvalue weighted by atomic mass is 10.1. The molecule has 86 valence electrons. The molecule has 0 radical (unpaired) electrons. The van der Waals surface area contributed by atoms with Crippen molar-refractivity contribution in [1.82, 2.24) is 4.90 Å². The molecule has 0 aromatic carbocycles. The molecule has 0 spiro atoms. The Hall–Kier alpha value is -0.120. The van der Waals surface area contributed by atoms with Crippen LogP contribution in [0.5, 0.6) is 0 Å². The van der Waals surface area contributed by atoms with Crippen LogP contribution in [0.15, 0.2) is 0 Å². The number of hydrogen-bond donors (Lipinski definition) is 1. The van der Waals surface area contributed by atoms with E-state index in [1.165, 1.54) is 19.4 Å². The number of likely N-dealkylation sites (N-methyl/N-ethyl adjacent to an activating group) is 1. The van der Waals surface area contributed by atoms with Gasteiger partial charge in [0.15, 0.2) is 0 Å². The highest BCUT2D eigenvalue weighted by atomic mass is 16.5. The first kappa shape index (κ1) is 13.9. The predicted octanol–water partition coefficient (Wildman–Crippen LogP) is 1.50. The smallest absolute Gasteiger partial charge is 0.0705 e. The Kier molecular flexibility index (Phi) is 7.15. The van der Waals surface area contributed by atoms with Crippen LogP contribution in [0.25, 0.3) is 0 Å². The molecule has 1 N–H and O–H groups in total. The van der Waals surface area contributed by atoms with E-state index in [4.69, 9.17) is 9.84 Å². The second kappa shape index (κ2) is 7.21. The van der Waals surface area contributed by atoms with Gasteiger partial charge in [0.2, 0.25) is 0 Å². The minimum absolute atomic E-state index is 0.356. The molecule has 3 nitrogen and oxygen atoms in total. The molecule has 0 saturated carbocycles. The zero-order valence-corrected chi connectivity index (χ0v) is 10.2. The maximum atomic E-state index is 7.00. The van der Waals surface area contributed by atoms with E-state index in [0.717, 1.165) is 7.11 Å². The molecule has 1 rings (SSSR count). The van der Waals surface area contributed by atoms with Crippen molar-refractivity contribution < 1.29 is 9.84 Å². The summed E-state index contributed by atoms with van der Waals surface area (Å²) in [6.45, 7) is 7.62. The summed E-state index contributed by atoms with van der Waals surface area (Å²) in [5.74, 6) is 0. The van der Waals surface area contributed by atoms with E-state index in [1.807, 2.05) is 0 Å². The summed E-state index contributed by atoms with van der Waals surface area (Å²) >= 11 is 0. The quantitative estimate of drug-likeness (QED) is 0.754. The molecule has 1 fully saturated rings. The Labute approximate surface area is 88.1 Å². The van der Waals surface area contributed by atoms with E-state index >= 15 is 0 Å². The first-order valence-electron chi connectivity index (χ1n) is 5.41. The zero-order chi connectivity index (χ0) is 11.1. The van der Waals surface area contributed by atoms with Gasteiger partial charge in [0.25, 0.3) is 0 Å². The summed E-state index contributed by atoms with van der Waals surface area (Å²) in [4.78, 5) is 2.41. The van der Waals surface area contributed by atoms with Gasteiger partial charge < -0.3 is 14.7 Å². The molecule has 0 amide bonds. The first-order valence-corrected chi connectivity index (χ1v) is 5.41. The van der Waals surface area contributed by atoms with Crippen molar-refractivity contribution in [1.29, 1.82) is 0 Å². The van der Waals surface area contributed by atoms with Crippen LogP contribution in [0.4, 0.5) is 0 Å². The van der Waals surface area contributed by atoms with Gasteiger partial charge >= 0.3 is 0 Å². The van der Waals surface area contributed by atoms with Gasteiger partial charge in [-0.3, -0.25) is 0 Å². The van der Waals surface area contributed by atoms with Crippen molar-refractivity contribution in [3.05, 3.63) is 0 Å². The van der Waals surface area contributed by atoms with E-state index in [0.29, 0.717) is 18.2 Å². The second-order valence-corrected chi connectivity index (χ2v) is 4.08. The molecule has 14 heavy (non-hydrogen) atoms. The molecular formula is C11H25NO2. The van der Waals surface area contributed by atoms with Crippen LogP contribution in [0.1, 0.15) is 33.6 Å². The fourth-order valence-corrected chi connectivity index (χ4v) is 2.05. The summed E-state index contributed by atoms with van der Waals surface area (Å²) in [5.41, 5.74) is 0. The third kappa shape index (κ3) is 4.40. The molecule has 1 aliphatic rings. The molecule has 0 bridgehead atoms. The maximum absolute atomic E-state index is 7.00. The highest BCUT2D eigenvalue weighted by molar-refractivity contribution is 4.81. The first-order chi connectivity index (χ1) is 6.61. The molecule has 1 aliphatic heterocycles. The lowest BCUT2D eigenvalue weighted by molar-refractivity contribution is -0.0201. The fourth-order valence-electron chi connectivity index (χ4n) is 2.05. The van der Waals surface area contributed by atoms with Gasteiger partial charge in [-0.25, -0.2) is 0 Å². The van der Waals surface area contributed by atoms with Crippen LogP contribution in [-0.4, -0.2) is 49.0 Å². The van der Waals surface area contributed by atoms with Crippen LogP contribution in [0.2, 0.25) is 0 Å². The predicted molar refractivity (Wildman–Crippen MR) is 59.5 cm³/mol. The van der Waals surface area contributed by atoms with Crippen molar-refractivity contribution in [2.24, 2.45) is 0 Å². The fraction of sp³-hybridized carbons (Fsp3) is 1.00. The summed E-state index contributed by atoms with van der Waals surface area (Å²) < 4.78 is 5.76. The van der Waals surface area contributed by atoms with E-state index in [2.05, 4.69) is 32.7 Å². The lowest BCUT2D eigenvalue weighted by Gasteiger charge is -2.27. The summed E-state index contributed by atoms with van der Waals surface area (Å²) in [6, 6.07) is 0.646. The van der Waals surface area contributed by atoms with Gasteiger partial charge in [0.1, 0.15) is 0 Å². The highest BCUT2D eigenvalue weighted by Crippen LogP contribution is 2.20. The average Bonchev–Trinajstić information content (AvgIpc) is 2.54. The van der Waals surface area contributed by atoms with Crippen LogP contribution < -0.4 is 0 Å². The van der Waals surface area contributed by atoms with Crippen molar-refractivity contribution in [2.75, 3.05) is 20.7 Å². The highest BCUT2D eigenvalue weighted by Gasteiger charge is 2.27. The minimum Gasteiger partial charge on any atom is -0.400 e. The van der Waals surface area contributed by atoms with Crippen molar-refractivity contribution in [3.63, 3.8) is 0 Å². The number of likely N-dealkylation sites (tertiary alicyclic amines) is 1. The normalized spacial score (nSPS) is 24.6. The Morgan fingerprint density at radius 1 is 1.29 bits per heavy atom. The van der Waals surface area contributed by atoms with Gasteiger partial charge in [0.05, 0.1) is 12.2 Å². The van der Waals surface area contributed by atoms with Crippen molar-refractivity contribution >= 4 is 0 Å². The molecule has 2 unspecified atom stereocenters. The number of nitrogens with zero attached hydrogens (tertiary/aromatic N) is 1. The SMILES string of the molecule is CC(C)OC(C)C1CCCN1C.CO. The Morgan fingerprint density at radius 2 is 1.86 bits per heavy atom. The largest absolute Gasteiger partial charge is 0.400 e. The molecule has 0 aliphatic carbocycles. The van der Waals surface area contributed by atoms with Crippen LogP contribution >= 0.6 is 0 Å². The lowest BCUT2D eigenvalue weighted by Crippen LogP contribution is -2.37. The van der Waals surface area contributed by atoms with Crippen LogP contribution in [0, 0.1) is 0 Å². The third-order valence-corrected chi connectivity index (χ3v) is 2.61. The molecule has 3 heteroatoms. The Bertz CT molecular complexity index is 139. The van der Waals surface area contributed by atoms with E-state index < -0.39 is 0 Å². The minimum atomic E-state index is 0.356. The Morgan fingerprint density at radius 3 is 2.21 bits per heavy atom. The number of aliphatic hydroxyl groups excluding tert-OH is 1. The average molecular weight is 203 g/mol. The van der Waals surface area contributed by atoms with E-state index in [9.17, 15) is 0 Å². The molecular weight excluding hydrogens is 178 g/mol. The van der Waals surface area contributed by atoms with Gasteiger partial charge in [-0.15, -0.1) is 0 Å². The maximum Gasteiger partial charge on any atom is 0.0705 e. The molecule has 0 aromatic heterocycles. The second-order valence-electron chi connectivity index (χ2n) is 4.08. The third-order valence-electron chi connectivity index (χ3n) is 2.61. The Balaban J connectivity index is 0.000000791. The number of aliphatic hydroxyl groups is 1. The summed E-state index contributed by atoms with van der Waals surface area (Å²) in [7, 11) is 3.19. The topological polar surface area (TPSA) is 32.7 Å². The van der Waals surface area contributed by atoms with Crippen LogP contribution in [-0.2, 0) is 4.74 Å². The number of hydrogen-bond acceptors (Lipinski definition) is 3. The standard InChI is InChI=1S/C10H21NO.CH4O/c1-8(2)12-9(3)10-6-5-7-11(10)4;1-2/h8-10H,5-7H2,1-4H3;2H,1H3. The van der Waals surface area contributed by atoms with Gasteiger partial charge in [-0.1, -0.05) is 0 Å². The monoisotopic (exact) mass is 203 g/mol. The summed E-state index contributed by atoms with van der Waals surface area (Å²) in [5, 5.41) is 7.00. The molecule has 1 saturated heterocycles. The summed E-state index contributed by atoms with van der Waals surface area (Å²) in [6.07, 6.45) is 3.36. The van der Waals surface area contributed by atoms with Crippen LogP contribution in [0.3, 0.4) is 0 Å². The van der Waals surface area contributed by atoms with E-state index in [-0.39, 0.29) is 0 Å². The number of rotatable bonds is 3.